The predicted octanol–water partition coefficient (Wildman–Crippen LogP) is 2.36. The first-order chi connectivity index (χ1) is 10.3. The van der Waals surface area contributed by atoms with Gasteiger partial charge in [-0.05, 0) is 48.0 Å². The van der Waals surface area contributed by atoms with E-state index in [0.717, 1.165) is 26.2 Å². The molecule has 1 radical (unpaired) electrons. The monoisotopic (exact) mass is 280 g/mol. The van der Waals surface area contributed by atoms with E-state index in [2.05, 4.69) is 53.2 Å². The summed E-state index contributed by atoms with van der Waals surface area (Å²) in [5, 5.41) is 0. The normalized spacial score (nSPS) is 16.2. The summed E-state index contributed by atoms with van der Waals surface area (Å²) in [7, 11) is 2.18. The molecule has 2 aromatic carbocycles. The Morgan fingerprint density at radius 2 is 1.86 bits per heavy atom. The van der Waals surface area contributed by atoms with Gasteiger partial charge in [0, 0.05) is 38.4 Å². The summed E-state index contributed by atoms with van der Waals surface area (Å²) in [6.07, 6.45) is 0. The number of rotatable bonds is 3. The lowest BCUT2D eigenvalue weighted by molar-refractivity contribution is 0.313. The van der Waals surface area contributed by atoms with Crippen molar-refractivity contribution in [2.24, 2.45) is 5.73 Å². The van der Waals surface area contributed by atoms with Crippen molar-refractivity contribution in [3.63, 3.8) is 0 Å². The molecule has 1 saturated heterocycles. The number of hydrogen-bond acceptors (Lipinski definition) is 3. The topological polar surface area (TPSA) is 32.5 Å². The van der Waals surface area contributed by atoms with Crippen molar-refractivity contribution in [1.82, 2.24) is 4.90 Å². The van der Waals surface area contributed by atoms with Crippen molar-refractivity contribution in [3.8, 4) is 11.1 Å². The van der Waals surface area contributed by atoms with Crippen LogP contribution in [0.5, 0.6) is 0 Å². The molecule has 2 aromatic rings. The highest BCUT2D eigenvalue weighted by Gasteiger charge is 2.15. The molecule has 21 heavy (non-hydrogen) atoms. The molecule has 109 valence electrons. The average molecular weight is 280 g/mol. The highest BCUT2D eigenvalue weighted by molar-refractivity contribution is 5.71. The van der Waals surface area contributed by atoms with Gasteiger partial charge in [-0.25, -0.2) is 0 Å². The van der Waals surface area contributed by atoms with Crippen LogP contribution in [0.2, 0.25) is 0 Å². The number of piperazine rings is 1. The summed E-state index contributed by atoms with van der Waals surface area (Å²) in [6.45, 7) is 4.95. The minimum atomic E-state index is 0.564. The second kappa shape index (κ2) is 6.29. The molecule has 1 aliphatic heterocycles. The molecular weight excluding hydrogens is 258 g/mol. The first kappa shape index (κ1) is 14.1. The van der Waals surface area contributed by atoms with Gasteiger partial charge in [-0.2, -0.15) is 0 Å². The second-order valence-corrected chi connectivity index (χ2v) is 5.63. The van der Waals surface area contributed by atoms with Crippen molar-refractivity contribution >= 4 is 5.69 Å². The van der Waals surface area contributed by atoms with Gasteiger partial charge >= 0.3 is 0 Å². The Kier molecular flexibility index (Phi) is 4.23. The van der Waals surface area contributed by atoms with Crippen molar-refractivity contribution in [2.45, 2.75) is 6.54 Å². The molecule has 1 heterocycles. The summed E-state index contributed by atoms with van der Waals surface area (Å²) in [5.41, 5.74) is 10.7. The van der Waals surface area contributed by atoms with Crippen molar-refractivity contribution < 1.29 is 0 Å². The molecule has 3 rings (SSSR count). The molecule has 0 atom stereocenters. The fourth-order valence-corrected chi connectivity index (χ4v) is 2.84. The predicted molar refractivity (Wildman–Crippen MR) is 88.3 cm³/mol. The fourth-order valence-electron chi connectivity index (χ4n) is 2.84. The molecule has 0 spiro atoms. The third-order valence-electron chi connectivity index (χ3n) is 4.19. The van der Waals surface area contributed by atoms with E-state index >= 15 is 0 Å². The molecular formula is C18H22N3. The van der Waals surface area contributed by atoms with Crippen LogP contribution in [0, 0.1) is 6.07 Å². The first-order valence-corrected chi connectivity index (χ1v) is 7.51. The Labute approximate surface area is 127 Å². The molecule has 3 heteroatoms. The van der Waals surface area contributed by atoms with Crippen LogP contribution in [0.4, 0.5) is 5.69 Å². The molecule has 1 aliphatic rings. The highest BCUT2D eigenvalue weighted by Crippen LogP contribution is 2.27. The highest BCUT2D eigenvalue weighted by atomic mass is 15.2. The van der Waals surface area contributed by atoms with Crippen LogP contribution in [0.15, 0.2) is 42.5 Å². The van der Waals surface area contributed by atoms with Gasteiger partial charge in [-0.3, -0.25) is 0 Å². The molecule has 0 aliphatic carbocycles. The Morgan fingerprint density at radius 1 is 1.10 bits per heavy atom. The zero-order valence-corrected chi connectivity index (χ0v) is 12.5. The second-order valence-electron chi connectivity index (χ2n) is 5.63. The van der Waals surface area contributed by atoms with Gasteiger partial charge in [-0.1, -0.05) is 24.3 Å². The third kappa shape index (κ3) is 3.09. The van der Waals surface area contributed by atoms with Gasteiger partial charge in [0.05, 0.1) is 0 Å². The summed E-state index contributed by atoms with van der Waals surface area (Å²) in [5.74, 6) is 0. The van der Waals surface area contributed by atoms with Crippen molar-refractivity contribution in [3.05, 3.63) is 54.1 Å². The number of anilines is 1. The van der Waals surface area contributed by atoms with E-state index in [0.29, 0.717) is 6.54 Å². The summed E-state index contributed by atoms with van der Waals surface area (Å²) < 4.78 is 0. The zero-order chi connectivity index (χ0) is 14.7. The number of nitrogens with zero attached hydrogens (tertiary/aromatic N) is 2. The van der Waals surface area contributed by atoms with Crippen LogP contribution < -0.4 is 10.6 Å². The van der Waals surface area contributed by atoms with E-state index in [9.17, 15) is 0 Å². The summed E-state index contributed by atoms with van der Waals surface area (Å²) in [4.78, 5) is 4.80. The summed E-state index contributed by atoms with van der Waals surface area (Å²) >= 11 is 0. The van der Waals surface area contributed by atoms with E-state index in [1.54, 1.807) is 0 Å². The zero-order valence-electron chi connectivity index (χ0n) is 12.5. The maximum absolute atomic E-state index is 5.86. The van der Waals surface area contributed by atoms with Crippen molar-refractivity contribution in [1.29, 1.82) is 0 Å². The average Bonchev–Trinajstić information content (AvgIpc) is 2.55. The van der Waals surface area contributed by atoms with E-state index in [1.165, 1.54) is 22.4 Å². The van der Waals surface area contributed by atoms with Crippen LogP contribution in [0.25, 0.3) is 11.1 Å². The standard InChI is InChI=1S/C18H22N3/c1-20-9-11-21(12-10-20)17-7-4-6-15(13-17)18-8-3-2-5-16(18)14-19/h2-3,5-8,13H,9-12,14,19H2,1H3. The lowest BCUT2D eigenvalue weighted by Crippen LogP contribution is -2.44. The molecule has 2 N–H and O–H groups in total. The van der Waals surface area contributed by atoms with E-state index in [-0.39, 0.29) is 0 Å². The fraction of sp³-hybridized carbons (Fsp3) is 0.333. The van der Waals surface area contributed by atoms with Gasteiger partial charge in [-0.15, -0.1) is 0 Å². The summed E-state index contributed by atoms with van der Waals surface area (Å²) in [6, 6.07) is 18.0. The molecule has 0 bridgehead atoms. The molecule has 1 fully saturated rings. The first-order valence-electron chi connectivity index (χ1n) is 7.51. The Hall–Kier alpha value is -1.84. The van der Waals surface area contributed by atoms with Crippen molar-refractivity contribution in [2.75, 3.05) is 38.1 Å². The van der Waals surface area contributed by atoms with Gasteiger partial charge in [0.15, 0.2) is 0 Å². The molecule has 0 unspecified atom stereocenters. The smallest absolute Gasteiger partial charge is 0.0379 e. The van der Waals surface area contributed by atoms with Crippen LogP contribution in [0.1, 0.15) is 5.56 Å². The molecule has 0 aromatic heterocycles. The lowest BCUT2D eigenvalue weighted by atomic mass is 9.99. The number of likely N-dealkylation sites (N-methyl/N-ethyl adjacent to an activating group) is 1. The van der Waals surface area contributed by atoms with E-state index in [4.69, 9.17) is 5.73 Å². The van der Waals surface area contributed by atoms with Crippen LogP contribution in [0.3, 0.4) is 0 Å². The van der Waals surface area contributed by atoms with Gasteiger partial charge in [0.25, 0.3) is 0 Å². The van der Waals surface area contributed by atoms with Crippen LogP contribution in [-0.2, 0) is 6.54 Å². The van der Waals surface area contributed by atoms with Crippen LogP contribution >= 0.6 is 0 Å². The molecule has 3 nitrogen and oxygen atoms in total. The Balaban J connectivity index is 1.89. The van der Waals surface area contributed by atoms with E-state index < -0.39 is 0 Å². The van der Waals surface area contributed by atoms with Gasteiger partial charge in [0.2, 0.25) is 0 Å². The van der Waals surface area contributed by atoms with Gasteiger partial charge < -0.3 is 15.5 Å². The Bertz CT molecular complexity index is 601. The van der Waals surface area contributed by atoms with Crippen LogP contribution in [-0.4, -0.2) is 38.1 Å². The van der Waals surface area contributed by atoms with E-state index in [1.807, 2.05) is 12.1 Å². The minimum absolute atomic E-state index is 0.564. The number of hydrogen-bond donors (Lipinski definition) is 1. The number of benzene rings is 2. The molecule has 0 saturated carbocycles. The SMILES string of the molecule is CN1CCN(c2c[c]cc(-c3ccccc3CN)c2)CC1. The number of nitrogens with two attached hydrogens (primary N) is 1. The van der Waals surface area contributed by atoms with Gasteiger partial charge in [0.1, 0.15) is 0 Å². The lowest BCUT2D eigenvalue weighted by Gasteiger charge is -2.34. The Morgan fingerprint density at radius 3 is 2.62 bits per heavy atom. The minimum Gasteiger partial charge on any atom is -0.369 e. The quantitative estimate of drug-likeness (QED) is 0.937. The molecule has 0 amide bonds. The maximum atomic E-state index is 5.86. The largest absolute Gasteiger partial charge is 0.369 e. The third-order valence-corrected chi connectivity index (χ3v) is 4.19. The maximum Gasteiger partial charge on any atom is 0.0379 e.